The zero-order valence-corrected chi connectivity index (χ0v) is 11.2. The Labute approximate surface area is 119 Å². The number of carbonyl (C=O) groups is 1. The molecule has 2 aromatic carbocycles. The van der Waals surface area contributed by atoms with Crippen molar-refractivity contribution in [3.8, 4) is 0 Å². The Hall–Kier alpha value is -1.81. The Morgan fingerprint density at radius 3 is 2.35 bits per heavy atom. The van der Waals surface area contributed by atoms with Gasteiger partial charge in [-0.25, -0.2) is 0 Å². The monoisotopic (exact) mass is 298 g/mol. The summed E-state index contributed by atoms with van der Waals surface area (Å²) in [6, 6.07) is 9.23. The van der Waals surface area contributed by atoms with Crippen LogP contribution in [0.25, 0.3) is 0 Å². The highest BCUT2D eigenvalue weighted by atomic mass is 35.5. The number of carbonyl (C=O) groups excluding carboxylic acids is 1. The van der Waals surface area contributed by atoms with Gasteiger partial charge in [-0.05, 0) is 36.8 Å². The number of benzene rings is 2. The highest BCUT2D eigenvalue weighted by molar-refractivity contribution is 6.31. The van der Waals surface area contributed by atoms with Crippen molar-refractivity contribution in [1.29, 1.82) is 0 Å². The van der Waals surface area contributed by atoms with Crippen molar-refractivity contribution in [3.63, 3.8) is 0 Å². The molecular formula is C15H10ClF3O. The quantitative estimate of drug-likeness (QED) is 0.721. The first-order chi connectivity index (χ1) is 9.29. The molecule has 0 amide bonds. The van der Waals surface area contributed by atoms with Gasteiger partial charge in [0.05, 0.1) is 5.56 Å². The first-order valence-corrected chi connectivity index (χ1v) is 6.15. The number of hydrogen-bond donors (Lipinski definition) is 0. The van der Waals surface area contributed by atoms with E-state index in [0.29, 0.717) is 10.6 Å². The second kappa shape index (κ2) is 5.29. The summed E-state index contributed by atoms with van der Waals surface area (Å²) < 4.78 is 38.7. The molecule has 0 saturated carbocycles. The average molecular weight is 299 g/mol. The molecule has 0 atom stereocenters. The first kappa shape index (κ1) is 14.6. The normalized spacial score (nSPS) is 11.4. The van der Waals surface area contributed by atoms with E-state index in [1.807, 2.05) is 0 Å². The van der Waals surface area contributed by atoms with Crippen LogP contribution in [0.4, 0.5) is 13.2 Å². The molecule has 0 N–H and O–H groups in total. The van der Waals surface area contributed by atoms with Crippen LogP contribution in [0.1, 0.15) is 27.0 Å². The lowest BCUT2D eigenvalue weighted by molar-refractivity contribution is -0.137. The van der Waals surface area contributed by atoms with Crippen LogP contribution in [0.2, 0.25) is 5.02 Å². The van der Waals surface area contributed by atoms with Gasteiger partial charge >= 0.3 is 6.18 Å². The van der Waals surface area contributed by atoms with Crippen LogP contribution in [0.15, 0.2) is 42.5 Å². The number of hydrogen-bond acceptors (Lipinski definition) is 1. The highest BCUT2D eigenvalue weighted by Crippen LogP contribution is 2.33. The molecule has 2 rings (SSSR count). The number of rotatable bonds is 2. The molecule has 5 heteroatoms. The third kappa shape index (κ3) is 3.02. The van der Waals surface area contributed by atoms with Gasteiger partial charge in [0.1, 0.15) is 0 Å². The Kier molecular flexibility index (Phi) is 3.86. The van der Waals surface area contributed by atoms with Crippen molar-refractivity contribution in [1.82, 2.24) is 0 Å². The number of aryl methyl sites for hydroxylation is 1. The minimum Gasteiger partial charge on any atom is -0.289 e. The maximum atomic E-state index is 12.9. The second-order valence-corrected chi connectivity index (χ2v) is 4.83. The van der Waals surface area contributed by atoms with E-state index in [1.54, 1.807) is 13.0 Å². The summed E-state index contributed by atoms with van der Waals surface area (Å²) in [6.07, 6.45) is -4.57. The molecule has 104 valence electrons. The van der Waals surface area contributed by atoms with Crippen LogP contribution < -0.4 is 0 Å². The smallest absolute Gasteiger partial charge is 0.289 e. The van der Waals surface area contributed by atoms with Gasteiger partial charge in [-0.15, -0.1) is 0 Å². The van der Waals surface area contributed by atoms with E-state index in [1.165, 1.54) is 30.3 Å². The van der Waals surface area contributed by atoms with E-state index >= 15 is 0 Å². The summed E-state index contributed by atoms with van der Waals surface area (Å²) in [7, 11) is 0. The van der Waals surface area contributed by atoms with Crippen LogP contribution in [-0.4, -0.2) is 5.78 Å². The van der Waals surface area contributed by atoms with Crippen molar-refractivity contribution in [2.75, 3.05) is 0 Å². The Balaban J connectivity index is 2.54. The standard InChI is InChI=1S/C15H10ClF3O/c1-9-6-10(8-11(16)7-9)14(20)12-4-2-3-5-13(12)15(17,18)19/h2-8H,1H3. The van der Waals surface area contributed by atoms with Crippen LogP contribution >= 0.6 is 11.6 Å². The van der Waals surface area contributed by atoms with E-state index in [4.69, 9.17) is 11.6 Å². The van der Waals surface area contributed by atoms with Crippen LogP contribution in [0, 0.1) is 6.92 Å². The molecule has 0 aliphatic rings. The van der Waals surface area contributed by atoms with E-state index in [2.05, 4.69) is 0 Å². The van der Waals surface area contributed by atoms with Crippen molar-refractivity contribution in [3.05, 3.63) is 69.7 Å². The molecule has 0 bridgehead atoms. The summed E-state index contributed by atoms with van der Waals surface area (Å²) in [5, 5.41) is 0.317. The molecule has 0 fully saturated rings. The van der Waals surface area contributed by atoms with Gasteiger partial charge in [0.2, 0.25) is 0 Å². The second-order valence-electron chi connectivity index (χ2n) is 4.39. The Morgan fingerprint density at radius 1 is 1.10 bits per heavy atom. The van der Waals surface area contributed by atoms with Gasteiger partial charge in [0, 0.05) is 16.1 Å². The predicted molar refractivity (Wildman–Crippen MR) is 71.1 cm³/mol. The summed E-state index contributed by atoms with van der Waals surface area (Å²) in [5.74, 6) is -0.691. The number of halogens is 4. The summed E-state index contributed by atoms with van der Waals surface area (Å²) >= 11 is 5.84. The van der Waals surface area contributed by atoms with Crippen molar-refractivity contribution in [2.45, 2.75) is 13.1 Å². The number of alkyl halides is 3. The van der Waals surface area contributed by atoms with E-state index in [0.717, 1.165) is 6.07 Å². The molecule has 0 aromatic heterocycles. The van der Waals surface area contributed by atoms with E-state index in [9.17, 15) is 18.0 Å². The largest absolute Gasteiger partial charge is 0.417 e. The maximum Gasteiger partial charge on any atom is 0.417 e. The molecule has 0 aliphatic heterocycles. The minimum absolute atomic E-state index is 0.145. The van der Waals surface area contributed by atoms with E-state index in [-0.39, 0.29) is 11.1 Å². The van der Waals surface area contributed by atoms with Crippen LogP contribution in [-0.2, 0) is 6.18 Å². The predicted octanol–water partition coefficient (Wildman–Crippen LogP) is 4.90. The molecule has 20 heavy (non-hydrogen) atoms. The summed E-state index contributed by atoms with van der Waals surface area (Å²) in [5.41, 5.74) is -0.457. The first-order valence-electron chi connectivity index (χ1n) is 5.77. The molecule has 2 aromatic rings. The molecule has 0 aliphatic carbocycles. The topological polar surface area (TPSA) is 17.1 Å². The molecule has 0 heterocycles. The van der Waals surface area contributed by atoms with E-state index < -0.39 is 17.5 Å². The molecule has 0 unspecified atom stereocenters. The fourth-order valence-corrected chi connectivity index (χ4v) is 2.24. The number of ketones is 1. The molecule has 0 radical (unpaired) electrons. The van der Waals surface area contributed by atoms with Gasteiger partial charge in [-0.1, -0.05) is 29.8 Å². The average Bonchev–Trinajstić information content (AvgIpc) is 2.35. The summed E-state index contributed by atoms with van der Waals surface area (Å²) in [6.45, 7) is 1.72. The summed E-state index contributed by atoms with van der Waals surface area (Å²) in [4.78, 5) is 12.3. The lowest BCUT2D eigenvalue weighted by atomic mass is 9.97. The third-order valence-corrected chi connectivity index (χ3v) is 3.00. The molecular weight excluding hydrogens is 289 g/mol. The molecule has 0 saturated heterocycles. The van der Waals surface area contributed by atoms with Crippen molar-refractivity contribution < 1.29 is 18.0 Å². The molecule has 1 nitrogen and oxygen atoms in total. The minimum atomic E-state index is -4.57. The SMILES string of the molecule is Cc1cc(Cl)cc(C(=O)c2ccccc2C(F)(F)F)c1. The molecule has 0 spiro atoms. The lowest BCUT2D eigenvalue weighted by Crippen LogP contribution is -2.13. The van der Waals surface area contributed by atoms with Gasteiger partial charge in [-0.2, -0.15) is 13.2 Å². The lowest BCUT2D eigenvalue weighted by Gasteiger charge is -2.12. The Bertz CT molecular complexity index is 642. The fourth-order valence-electron chi connectivity index (χ4n) is 1.95. The highest BCUT2D eigenvalue weighted by Gasteiger charge is 2.34. The van der Waals surface area contributed by atoms with Crippen LogP contribution in [0.5, 0.6) is 0 Å². The zero-order chi connectivity index (χ0) is 14.9. The van der Waals surface area contributed by atoms with Gasteiger partial charge in [-0.3, -0.25) is 4.79 Å². The van der Waals surface area contributed by atoms with Gasteiger partial charge in [0.25, 0.3) is 0 Å². The van der Waals surface area contributed by atoms with Crippen molar-refractivity contribution >= 4 is 17.4 Å². The van der Waals surface area contributed by atoms with Crippen LogP contribution in [0.3, 0.4) is 0 Å². The van der Waals surface area contributed by atoms with Gasteiger partial charge in [0.15, 0.2) is 5.78 Å². The zero-order valence-electron chi connectivity index (χ0n) is 10.5. The fraction of sp³-hybridized carbons (Fsp3) is 0.133. The van der Waals surface area contributed by atoms with Gasteiger partial charge < -0.3 is 0 Å². The van der Waals surface area contributed by atoms with Crippen molar-refractivity contribution in [2.24, 2.45) is 0 Å². The maximum absolute atomic E-state index is 12.9. The third-order valence-electron chi connectivity index (χ3n) is 2.78. The Morgan fingerprint density at radius 2 is 1.75 bits per heavy atom.